The molecular weight excluding hydrogens is 634 g/mol. The highest BCUT2D eigenvalue weighted by Gasteiger charge is 2.20. The van der Waals surface area contributed by atoms with E-state index in [0.717, 1.165) is 17.4 Å². The summed E-state index contributed by atoms with van der Waals surface area (Å²) < 4.78 is 21.5. The Morgan fingerprint density at radius 3 is 2.07 bits per heavy atom. The molecule has 0 atom stereocenters. The predicted molar refractivity (Wildman–Crippen MR) is 132 cm³/mol. The zero-order chi connectivity index (χ0) is 21.0. The number of hydrogen-bond donors (Lipinski definition) is 0. The topological polar surface area (TPSA) is 26.3 Å². The van der Waals surface area contributed by atoms with Gasteiger partial charge in [0.05, 0.1) is 12.0 Å². The summed E-state index contributed by atoms with van der Waals surface area (Å²) in [6.07, 6.45) is 0. The van der Waals surface area contributed by atoms with Gasteiger partial charge in [0.1, 0.15) is 0 Å². The number of allylic oxidation sites excluding steroid dienone is 1. The third-order valence-electron chi connectivity index (χ3n) is 3.95. The van der Waals surface area contributed by atoms with Gasteiger partial charge in [-0.2, -0.15) is 0 Å². The van der Waals surface area contributed by atoms with E-state index in [1.54, 1.807) is 24.3 Å². The molecule has 0 aliphatic carbocycles. The maximum Gasteiger partial charge on any atom is 0.200 e. The van der Waals surface area contributed by atoms with Crippen molar-refractivity contribution in [3.8, 4) is 5.75 Å². The Labute approximate surface area is 203 Å². The first-order valence-electron chi connectivity index (χ1n) is 8.36. The highest BCUT2D eigenvalue weighted by molar-refractivity contribution is 14.1. The van der Waals surface area contributed by atoms with Crippen LogP contribution >= 0.6 is 66.2 Å². The average molecular weight is 648 g/mol. The van der Waals surface area contributed by atoms with Crippen LogP contribution in [0.3, 0.4) is 0 Å². The molecule has 0 unspecified atom stereocenters. The summed E-state index contributed by atoms with van der Waals surface area (Å²) in [5.41, 5.74) is 1.30. The summed E-state index contributed by atoms with van der Waals surface area (Å²) in [5, 5.41) is 0. The molecule has 0 aromatic heterocycles. The van der Waals surface area contributed by atoms with Crippen LogP contribution in [0.4, 0.5) is 4.39 Å². The van der Waals surface area contributed by atoms with E-state index in [2.05, 4.69) is 54.5 Å². The first kappa shape index (κ1) is 22.5. The summed E-state index contributed by atoms with van der Waals surface area (Å²) in [4.78, 5) is 14.8. The number of Topliss-reactive ketones (excluding diaryl/α,β-unsaturated/α-hetero) is 1. The van der Waals surface area contributed by atoms with Gasteiger partial charge in [0, 0.05) is 23.0 Å². The molecule has 3 aromatic carbocycles. The van der Waals surface area contributed by atoms with E-state index in [1.807, 2.05) is 36.4 Å². The zero-order valence-corrected chi connectivity index (χ0v) is 21.2. The number of ether oxygens (including phenoxy) is 1. The van der Waals surface area contributed by atoms with Crippen molar-refractivity contribution in [1.82, 2.24) is 0 Å². The number of carbonyl (C=O) groups is 1. The molecule has 0 spiro atoms. The van der Waals surface area contributed by atoms with Crippen molar-refractivity contribution in [2.75, 3.05) is 7.11 Å². The van der Waals surface area contributed by atoms with Crippen molar-refractivity contribution in [2.24, 2.45) is 0 Å². The fraction of sp³-hybridized carbons (Fsp3) is 0.0455. The SMILES string of the molecule is COc1cc(C(I)=C(Sc2ccc(Br)cc2)C(=O)c2ccc(Br)cc2)ccc1F. The van der Waals surface area contributed by atoms with E-state index in [-0.39, 0.29) is 11.5 Å². The maximum absolute atomic E-state index is 13.9. The van der Waals surface area contributed by atoms with Crippen molar-refractivity contribution in [1.29, 1.82) is 0 Å². The van der Waals surface area contributed by atoms with Crippen LogP contribution in [0.5, 0.6) is 5.75 Å². The molecule has 0 saturated carbocycles. The number of hydrogen-bond acceptors (Lipinski definition) is 3. The van der Waals surface area contributed by atoms with Crippen molar-refractivity contribution in [3.63, 3.8) is 0 Å². The Morgan fingerprint density at radius 2 is 1.48 bits per heavy atom. The number of thioether (sulfide) groups is 1. The molecule has 148 valence electrons. The van der Waals surface area contributed by atoms with Crippen LogP contribution in [0.15, 0.2) is 85.5 Å². The molecule has 29 heavy (non-hydrogen) atoms. The number of benzene rings is 3. The van der Waals surface area contributed by atoms with Crippen LogP contribution in [0.1, 0.15) is 15.9 Å². The second-order valence-electron chi connectivity index (χ2n) is 5.88. The van der Waals surface area contributed by atoms with Gasteiger partial charge in [-0.3, -0.25) is 4.79 Å². The van der Waals surface area contributed by atoms with Crippen LogP contribution in [0, 0.1) is 5.82 Å². The lowest BCUT2D eigenvalue weighted by Crippen LogP contribution is -2.03. The Hall–Kier alpha value is -1.16. The Kier molecular flexibility index (Phi) is 7.95. The van der Waals surface area contributed by atoms with Crippen molar-refractivity contribution < 1.29 is 13.9 Å². The smallest absolute Gasteiger partial charge is 0.200 e. The molecule has 0 N–H and O–H groups in total. The van der Waals surface area contributed by atoms with Gasteiger partial charge in [0.25, 0.3) is 0 Å². The molecule has 0 radical (unpaired) electrons. The summed E-state index contributed by atoms with van der Waals surface area (Å²) >= 11 is 10.3. The van der Waals surface area contributed by atoms with Gasteiger partial charge in [-0.1, -0.05) is 49.7 Å². The maximum atomic E-state index is 13.9. The molecule has 0 fully saturated rings. The molecule has 3 rings (SSSR count). The molecule has 0 saturated heterocycles. The monoisotopic (exact) mass is 646 g/mol. The van der Waals surface area contributed by atoms with E-state index in [1.165, 1.54) is 24.9 Å². The zero-order valence-electron chi connectivity index (χ0n) is 15.1. The van der Waals surface area contributed by atoms with Crippen molar-refractivity contribution >= 4 is 75.6 Å². The minimum atomic E-state index is -0.443. The third kappa shape index (κ3) is 5.71. The molecule has 0 aliphatic heterocycles. The van der Waals surface area contributed by atoms with Crippen LogP contribution < -0.4 is 4.74 Å². The molecule has 2 nitrogen and oxygen atoms in total. The highest BCUT2D eigenvalue weighted by atomic mass is 127. The normalized spacial score (nSPS) is 11.8. The van der Waals surface area contributed by atoms with Gasteiger partial charge in [0.2, 0.25) is 5.78 Å². The van der Waals surface area contributed by atoms with Gasteiger partial charge in [0.15, 0.2) is 11.6 Å². The number of rotatable bonds is 6. The largest absolute Gasteiger partial charge is 0.494 e. The summed E-state index contributed by atoms with van der Waals surface area (Å²) in [5.74, 6) is -0.402. The summed E-state index contributed by atoms with van der Waals surface area (Å²) in [6, 6.07) is 19.6. The summed E-state index contributed by atoms with van der Waals surface area (Å²) in [7, 11) is 1.42. The van der Waals surface area contributed by atoms with Crippen molar-refractivity contribution in [2.45, 2.75) is 4.90 Å². The Bertz CT molecular complexity index is 1070. The van der Waals surface area contributed by atoms with Gasteiger partial charge in [-0.15, -0.1) is 0 Å². The van der Waals surface area contributed by atoms with Crippen LogP contribution in [0.25, 0.3) is 3.58 Å². The molecule has 7 heteroatoms. The van der Waals surface area contributed by atoms with E-state index in [9.17, 15) is 9.18 Å². The van der Waals surface area contributed by atoms with E-state index in [4.69, 9.17) is 4.74 Å². The lowest BCUT2D eigenvalue weighted by atomic mass is 10.1. The molecule has 0 amide bonds. The second kappa shape index (κ2) is 10.2. The number of halogens is 4. The minimum Gasteiger partial charge on any atom is -0.494 e. The lowest BCUT2D eigenvalue weighted by molar-refractivity contribution is 0.104. The second-order valence-corrected chi connectivity index (χ2v) is 9.88. The fourth-order valence-corrected chi connectivity index (χ4v) is 4.84. The molecule has 3 aromatic rings. The van der Waals surface area contributed by atoms with Gasteiger partial charge < -0.3 is 4.74 Å². The predicted octanol–water partition coefficient (Wildman–Crippen LogP) is 8.14. The van der Waals surface area contributed by atoms with Crippen LogP contribution in [0.2, 0.25) is 0 Å². The van der Waals surface area contributed by atoms with Gasteiger partial charge in [-0.25, -0.2) is 4.39 Å². The minimum absolute atomic E-state index is 0.0990. The highest BCUT2D eigenvalue weighted by Crippen LogP contribution is 2.40. The van der Waals surface area contributed by atoms with Gasteiger partial charge >= 0.3 is 0 Å². The van der Waals surface area contributed by atoms with E-state index < -0.39 is 5.82 Å². The fourth-order valence-electron chi connectivity index (χ4n) is 2.47. The Balaban J connectivity index is 2.09. The molecule has 0 heterocycles. The van der Waals surface area contributed by atoms with E-state index >= 15 is 0 Å². The first-order valence-corrected chi connectivity index (χ1v) is 11.8. The summed E-state index contributed by atoms with van der Waals surface area (Å²) in [6.45, 7) is 0. The molecule has 0 aliphatic rings. The Morgan fingerprint density at radius 1 is 0.931 bits per heavy atom. The van der Waals surface area contributed by atoms with Crippen LogP contribution in [-0.4, -0.2) is 12.9 Å². The first-order chi connectivity index (χ1) is 13.9. The van der Waals surface area contributed by atoms with Gasteiger partial charge in [-0.05, 0) is 88.8 Å². The standard InChI is InChI=1S/C22H14Br2FIO2S/c1-28-19-12-14(4-11-18(19)25)20(26)22(29-17-9-7-16(24)8-10-17)21(27)13-2-5-15(23)6-3-13/h2-12H,1H3. The van der Waals surface area contributed by atoms with Crippen molar-refractivity contribution in [3.05, 3.63) is 97.5 Å². The molecule has 0 bridgehead atoms. The third-order valence-corrected chi connectivity index (χ3v) is 7.64. The number of methoxy groups -OCH3 is 1. The number of ketones is 1. The quantitative estimate of drug-likeness (QED) is 0.117. The number of carbonyl (C=O) groups excluding carboxylic acids is 1. The average Bonchev–Trinajstić information content (AvgIpc) is 2.73. The van der Waals surface area contributed by atoms with E-state index in [0.29, 0.717) is 16.0 Å². The van der Waals surface area contributed by atoms with Crippen LogP contribution in [-0.2, 0) is 0 Å². The lowest BCUT2D eigenvalue weighted by Gasteiger charge is -2.12. The molecular formula is C22H14Br2FIO2S.